The number of rotatable bonds is 1. The van der Waals surface area contributed by atoms with Gasteiger partial charge < -0.3 is 0 Å². The summed E-state index contributed by atoms with van der Waals surface area (Å²) in [4.78, 5) is 14.5. The second kappa shape index (κ2) is 5.46. The molecule has 0 aromatic carbocycles. The fourth-order valence-electron chi connectivity index (χ4n) is 2.29. The molecule has 0 saturated carbocycles. The number of aromatic nitrogens is 2. The van der Waals surface area contributed by atoms with Gasteiger partial charge in [0, 0.05) is 30.3 Å². The zero-order valence-corrected chi connectivity index (χ0v) is 13.1. The number of hydrogen-bond acceptors (Lipinski definition) is 4. The molecule has 7 heteroatoms. The van der Waals surface area contributed by atoms with Crippen LogP contribution in [0.4, 0.5) is 5.82 Å². The van der Waals surface area contributed by atoms with E-state index in [2.05, 4.69) is 21.0 Å². The topological polar surface area (TPSA) is 38.1 Å². The van der Waals surface area contributed by atoms with Crippen LogP contribution in [-0.2, 0) is 11.3 Å². The zero-order chi connectivity index (χ0) is 12.5. The van der Waals surface area contributed by atoms with Gasteiger partial charge in [-0.3, -0.25) is 9.69 Å². The van der Waals surface area contributed by atoms with E-state index < -0.39 is 0 Å². The maximum atomic E-state index is 12.6. The van der Waals surface area contributed by atoms with E-state index in [0.717, 1.165) is 47.1 Å². The highest BCUT2D eigenvalue weighted by Gasteiger charge is 2.32. The summed E-state index contributed by atoms with van der Waals surface area (Å²) in [7, 11) is 0. The van der Waals surface area contributed by atoms with Gasteiger partial charge in [-0.25, -0.2) is 4.68 Å². The van der Waals surface area contributed by atoms with Crippen molar-refractivity contribution in [1.82, 2.24) is 9.78 Å². The van der Waals surface area contributed by atoms with E-state index in [1.807, 2.05) is 21.3 Å². The molecule has 0 spiro atoms. The second-order valence-corrected chi connectivity index (χ2v) is 7.63. The standard InChI is InChI=1S/C11H14BrN3OS2/c12-8-6-13-15-3-1-2-14(10(8)15)11(16)9-7-17-4-5-18-9/h6,9H,1-5,7H2. The minimum atomic E-state index is 0.108. The Morgan fingerprint density at radius 1 is 1.44 bits per heavy atom. The van der Waals surface area contributed by atoms with Crippen LogP contribution in [0.15, 0.2) is 10.7 Å². The van der Waals surface area contributed by atoms with Gasteiger partial charge in [-0.2, -0.15) is 16.9 Å². The van der Waals surface area contributed by atoms with Crippen molar-refractivity contribution in [3.63, 3.8) is 0 Å². The quantitative estimate of drug-likeness (QED) is 0.780. The van der Waals surface area contributed by atoms with Crippen LogP contribution < -0.4 is 4.90 Å². The minimum Gasteiger partial charge on any atom is -0.295 e. The van der Waals surface area contributed by atoms with Gasteiger partial charge in [-0.1, -0.05) is 0 Å². The highest BCUT2D eigenvalue weighted by molar-refractivity contribution is 9.10. The molecule has 1 amide bonds. The molecule has 1 saturated heterocycles. The molecule has 98 valence electrons. The molecule has 0 N–H and O–H groups in total. The largest absolute Gasteiger partial charge is 0.295 e. The van der Waals surface area contributed by atoms with E-state index in [9.17, 15) is 4.79 Å². The van der Waals surface area contributed by atoms with Crippen LogP contribution in [0.2, 0.25) is 0 Å². The molecule has 1 aromatic heterocycles. The molecule has 1 unspecified atom stereocenters. The van der Waals surface area contributed by atoms with Crippen molar-refractivity contribution in [2.24, 2.45) is 0 Å². The molecule has 1 fully saturated rings. The summed E-state index contributed by atoms with van der Waals surface area (Å²) in [6, 6.07) is 0. The Kier molecular flexibility index (Phi) is 3.91. The summed E-state index contributed by atoms with van der Waals surface area (Å²) in [5, 5.41) is 4.41. The molecule has 0 bridgehead atoms. The van der Waals surface area contributed by atoms with Gasteiger partial charge in [0.05, 0.1) is 15.9 Å². The van der Waals surface area contributed by atoms with Gasteiger partial charge >= 0.3 is 0 Å². The average molecular weight is 348 g/mol. The van der Waals surface area contributed by atoms with Crippen LogP contribution >= 0.6 is 39.5 Å². The summed E-state index contributed by atoms with van der Waals surface area (Å²) < 4.78 is 2.84. The fourth-order valence-corrected chi connectivity index (χ4v) is 5.41. The normalized spacial score (nSPS) is 23.8. The Balaban J connectivity index is 1.84. The lowest BCUT2D eigenvalue weighted by molar-refractivity contribution is -0.118. The first-order valence-corrected chi connectivity index (χ1v) is 8.99. The van der Waals surface area contributed by atoms with Gasteiger partial charge in [0.25, 0.3) is 0 Å². The molecule has 0 aliphatic carbocycles. The lowest BCUT2D eigenvalue weighted by Gasteiger charge is -2.32. The molecule has 2 aliphatic rings. The van der Waals surface area contributed by atoms with E-state index in [1.54, 1.807) is 18.0 Å². The number of nitrogens with zero attached hydrogens (tertiary/aromatic N) is 3. The molecule has 18 heavy (non-hydrogen) atoms. The van der Waals surface area contributed by atoms with E-state index in [0.29, 0.717) is 0 Å². The number of carbonyl (C=O) groups excluding carboxylic acids is 1. The Morgan fingerprint density at radius 2 is 2.33 bits per heavy atom. The van der Waals surface area contributed by atoms with Crippen molar-refractivity contribution >= 4 is 51.2 Å². The van der Waals surface area contributed by atoms with Gasteiger partial charge in [0.2, 0.25) is 5.91 Å². The third-order valence-electron chi connectivity index (χ3n) is 3.13. The molecular weight excluding hydrogens is 334 g/mol. The molecular formula is C11H14BrN3OS2. The summed E-state index contributed by atoms with van der Waals surface area (Å²) in [6.07, 6.45) is 2.76. The van der Waals surface area contributed by atoms with E-state index >= 15 is 0 Å². The van der Waals surface area contributed by atoms with E-state index in [1.165, 1.54) is 0 Å². The van der Waals surface area contributed by atoms with Crippen molar-refractivity contribution in [2.75, 3.05) is 28.7 Å². The maximum Gasteiger partial charge on any atom is 0.242 e. The van der Waals surface area contributed by atoms with Crippen molar-refractivity contribution in [3.05, 3.63) is 10.7 Å². The highest BCUT2D eigenvalue weighted by atomic mass is 79.9. The summed E-state index contributed by atoms with van der Waals surface area (Å²) >= 11 is 7.17. The SMILES string of the molecule is O=C(C1CSCCS1)N1CCCn2ncc(Br)c21. The lowest BCUT2D eigenvalue weighted by atomic mass is 10.2. The summed E-state index contributed by atoms with van der Waals surface area (Å²) in [5.74, 6) is 4.36. The average Bonchev–Trinajstić information content (AvgIpc) is 2.81. The van der Waals surface area contributed by atoms with Crippen LogP contribution in [0.25, 0.3) is 0 Å². The maximum absolute atomic E-state index is 12.6. The number of carbonyl (C=O) groups is 1. The first-order chi connectivity index (χ1) is 8.77. The number of anilines is 1. The Hall–Kier alpha value is -0.140. The van der Waals surface area contributed by atoms with Gasteiger partial charge in [-0.15, -0.1) is 11.8 Å². The number of fused-ring (bicyclic) bond motifs is 1. The third kappa shape index (κ3) is 2.32. The molecule has 2 aliphatic heterocycles. The fraction of sp³-hybridized carbons (Fsp3) is 0.636. The van der Waals surface area contributed by atoms with Crippen molar-refractivity contribution in [1.29, 1.82) is 0 Å². The van der Waals surface area contributed by atoms with E-state index in [-0.39, 0.29) is 11.2 Å². The number of thioether (sulfide) groups is 2. The van der Waals surface area contributed by atoms with Crippen LogP contribution in [-0.4, -0.2) is 44.7 Å². The Morgan fingerprint density at radius 3 is 3.11 bits per heavy atom. The molecule has 1 aromatic rings. The monoisotopic (exact) mass is 347 g/mol. The van der Waals surface area contributed by atoms with Gasteiger partial charge in [0.1, 0.15) is 5.82 Å². The third-order valence-corrected chi connectivity index (χ3v) is 6.43. The number of hydrogen-bond donors (Lipinski definition) is 0. The van der Waals surface area contributed by atoms with Crippen molar-refractivity contribution in [3.8, 4) is 0 Å². The molecule has 4 nitrogen and oxygen atoms in total. The summed E-state index contributed by atoms with van der Waals surface area (Å²) in [6.45, 7) is 1.71. The first kappa shape index (κ1) is 12.9. The van der Waals surface area contributed by atoms with Crippen molar-refractivity contribution < 1.29 is 4.79 Å². The zero-order valence-electron chi connectivity index (χ0n) is 9.84. The lowest BCUT2D eigenvalue weighted by Crippen LogP contribution is -2.44. The Labute approximate surface area is 123 Å². The van der Waals surface area contributed by atoms with Crippen LogP contribution in [0.5, 0.6) is 0 Å². The van der Waals surface area contributed by atoms with Crippen LogP contribution in [0.3, 0.4) is 0 Å². The van der Waals surface area contributed by atoms with Crippen molar-refractivity contribution in [2.45, 2.75) is 18.2 Å². The molecule has 3 rings (SSSR count). The number of aryl methyl sites for hydroxylation is 1. The Bertz CT molecular complexity index is 459. The smallest absolute Gasteiger partial charge is 0.242 e. The highest BCUT2D eigenvalue weighted by Crippen LogP contribution is 2.33. The summed E-state index contributed by atoms with van der Waals surface area (Å²) in [5.41, 5.74) is 0. The van der Waals surface area contributed by atoms with E-state index in [4.69, 9.17) is 0 Å². The first-order valence-electron chi connectivity index (χ1n) is 5.99. The molecule has 3 heterocycles. The van der Waals surface area contributed by atoms with Crippen LogP contribution in [0.1, 0.15) is 6.42 Å². The van der Waals surface area contributed by atoms with Crippen LogP contribution in [0, 0.1) is 0 Å². The number of halogens is 1. The van der Waals surface area contributed by atoms with Gasteiger partial charge in [-0.05, 0) is 22.4 Å². The predicted molar refractivity (Wildman–Crippen MR) is 80.5 cm³/mol. The second-order valence-electron chi connectivity index (χ2n) is 4.32. The molecule has 1 atom stereocenters. The van der Waals surface area contributed by atoms with Gasteiger partial charge in [0.15, 0.2) is 0 Å². The predicted octanol–water partition coefficient (Wildman–Crippen LogP) is 2.23. The number of amides is 1. The molecule has 0 radical (unpaired) electrons. The minimum absolute atomic E-state index is 0.108.